The first-order valence-corrected chi connectivity index (χ1v) is 7.25. The van der Waals surface area contributed by atoms with Crippen molar-refractivity contribution in [3.05, 3.63) is 29.8 Å². The largest absolute Gasteiger partial charge is 0.326 e. The van der Waals surface area contributed by atoms with E-state index in [-0.39, 0.29) is 5.91 Å². The van der Waals surface area contributed by atoms with E-state index in [2.05, 4.69) is 29.7 Å². The van der Waals surface area contributed by atoms with E-state index in [1.165, 1.54) is 38.2 Å². The van der Waals surface area contributed by atoms with Crippen LogP contribution in [-0.2, 0) is 11.3 Å². The monoisotopic (exact) mass is 260 g/mol. The normalized spacial score (nSPS) is 17.4. The van der Waals surface area contributed by atoms with E-state index in [1.807, 2.05) is 12.1 Å². The minimum atomic E-state index is -0.0271. The van der Waals surface area contributed by atoms with Crippen LogP contribution in [0.25, 0.3) is 0 Å². The van der Waals surface area contributed by atoms with E-state index in [1.54, 1.807) is 0 Å². The molecule has 1 aliphatic rings. The number of benzene rings is 1. The maximum Gasteiger partial charge on any atom is 0.221 e. The third kappa shape index (κ3) is 4.35. The van der Waals surface area contributed by atoms with E-state index in [0.717, 1.165) is 18.2 Å². The molecule has 2 N–H and O–H groups in total. The van der Waals surface area contributed by atoms with Gasteiger partial charge in [0.05, 0.1) is 0 Å². The fraction of sp³-hybridized carbons (Fsp3) is 0.562. The van der Waals surface area contributed by atoms with Crippen molar-refractivity contribution >= 4 is 11.6 Å². The predicted molar refractivity (Wildman–Crippen MR) is 79.0 cm³/mol. The van der Waals surface area contributed by atoms with Gasteiger partial charge in [-0.25, -0.2) is 0 Å². The topological polar surface area (TPSA) is 41.1 Å². The van der Waals surface area contributed by atoms with Gasteiger partial charge in [0.25, 0.3) is 0 Å². The van der Waals surface area contributed by atoms with Crippen LogP contribution in [-0.4, -0.2) is 11.9 Å². The molecule has 1 aromatic rings. The second-order valence-corrected chi connectivity index (χ2v) is 5.59. The summed E-state index contributed by atoms with van der Waals surface area (Å²) >= 11 is 0. The van der Waals surface area contributed by atoms with Gasteiger partial charge in [-0.05, 0) is 43.4 Å². The Hall–Kier alpha value is -1.35. The Bertz CT molecular complexity index is 407. The summed E-state index contributed by atoms with van der Waals surface area (Å²) in [6.07, 6.45) is 5.52. The Balaban J connectivity index is 1.80. The SMILES string of the molecule is CC(=O)Nc1ccc(CN[C@H](C)C2CCCC2)cc1. The highest BCUT2D eigenvalue weighted by atomic mass is 16.1. The summed E-state index contributed by atoms with van der Waals surface area (Å²) in [5.41, 5.74) is 2.12. The number of rotatable bonds is 5. The molecule has 1 aromatic carbocycles. The Morgan fingerprint density at radius 2 is 1.89 bits per heavy atom. The average molecular weight is 260 g/mol. The summed E-state index contributed by atoms with van der Waals surface area (Å²) in [6.45, 7) is 4.72. The van der Waals surface area contributed by atoms with Gasteiger partial charge in [-0.1, -0.05) is 25.0 Å². The molecule has 1 atom stereocenters. The van der Waals surface area contributed by atoms with Crippen molar-refractivity contribution in [1.82, 2.24) is 5.32 Å². The van der Waals surface area contributed by atoms with E-state index < -0.39 is 0 Å². The van der Waals surface area contributed by atoms with Crippen molar-refractivity contribution in [3.8, 4) is 0 Å². The van der Waals surface area contributed by atoms with Crippen molar-refractivity contribution in [1.29, 1.82) is 0 Å². The number of anilines is 1. The van der Waals surface area contributed by atoms with E-state index >= 15 is 0 Å². The Kier molecular flexibility index (Phi) is 4.97. The minimum absolute atomic E-state index is 0.0271. The van der Waals surface area contributed by atoms with Crippen LogP contribution in [0.5, 0.6) is 0 Å². The maximum atomic E-state index is 10.9. The van der Waals surface area contributed by atoms with Crippen LogP contribution in [0.15, 0.2) is 24.3 Å². The molecule has 0 spiro atoms. The van der Waals surface area contributed by atoms with Gasteiger partial charge in [-0.3, -0.25) is 4.79 Å². The molecule has 1 fully saturated rings. The Morgan fingerprint density at radius 3 is 2.47 bits per heavy atom. The second kappa shape index (κ2) is 6.71. The molecule has 0 radical (unpaired) electrons. The molecule has 3 heteroatoms. The highest BCUT2D eigenvalue weighted by Gasteiger charge is 2.20. The zero-order valence-electron chi connectivity index (χ0n) is 11.9. The number of nitrogens with one attached hydrogen (secondary N) is 2. The Morgan fingerprint density at radius 1 is 1.26 bits per heavy atom. The van der Waals surface area contributed by atoms with Crippen LogP contribution in [0.2, 0.25) is 0 Å². The summed E-state index contributed by atoms with van der Waals surface area (Å²) < 4.78 is 0. The molecule has 104 valence electrons. The molecule has 3 nitrogen and oxygen atoms in total. The minimum Gasteiger partial charge on any atom is -0.326 e. The lowest BCUT2D eigenvalue weighted by Crippen LogP contribution is -2.31. The third-order valence-electron chi connectivity index (χ3n) is 4.01. The van der Waals surface area contributed by atoms with Crippen LogP contribution in [0, 0.1) is 5.92 Å². The number of amides is 1. The number of carbonyl (C=O) groups excluding carboxylic acids is 1. The van der Waals surface area contributed by atoms with Crippen LogP contribution in [0.3, 0.4) is 0 Å². The van der Waals surface area contributed by atoms with Crippen LogP contribution in [0.4, 0.5) is 5.69 Å². The molecule has 0 heterocycles. The summed E-state index contributed by atoms with van der Waals surface area (Å²) in [4.78, 5) is 10.9. The summed E-state index contributed by atoms with van der Waals surface area (Å²) in [6, 6.07) is 8.65. The van der Waals surface area contributed by atoms with Crippen molar-refractivity contribution in [3.63, 3.8) is 0 Å². The van der Waals surface area contributed by atoms with Crippen LogP contribution < -0.4 is 10.6 Å². The lowest BCUT2D eigenvalue weighted by Gasteiger charge is -2.20. The van der Waals surface area contributed by atoms with Gasteiger partial charge >= 0.3 is 0 Å². The van der Waals surface area contributed by atoms with Gasteiger partial charge in [-0.2, -0.15) is 0 Å². The van der Waals surface area contributed by atoms with Gasteiger partial charge in [-0.15, -0.1) is 0 Å². The molecule has 0 bridgehead atoms. The average Bonchev–Trinajstić information content (AvgIpc) is 2.91. The highest BCUT2D eigenvalue weighted by molar-refractivity contribution is 5.88. The smallest absolute Gasteiger partial charge is 0.221 e. The fourth-order valence-electron chi connectivity index (χ4n) is 2.81. The van der Waals surface area contributed by atoms with Gasteiger partial charge in [0.1, 0.15) is 0 Å². The molecule has 2 rings (SSSR count). The predicted octanol–water partition coefficient (Wildman–Crippen LogP) is 3.31. The second-order valence-electron chi connectivity index (χ2n) is 5.59. The van der Waals surface area contributed by atoms with Crippen molar-refractivity contribution in [2.75, 3.05) is 5.32 Å². The molecular formula is C16H24N2O. The van der Waals surface area contributed by atoms with Gasteiger partial charge in [0, 0.05) is 25.2 Å². The molecule has 1 saturated carbocycles. The first-order chi connectivity index (χ1) is 9.15. The zero-order valence-corrected chi connectivity index (χ0v) is 11.9. The molecule has 0 aliphatic heterocycles. The number of hydrogen-bond acceptors (Lipinski definition) is 2. The van der Waals surface area contributed by atoms with Gasteiger partial charge in [0.2, 0.25) is 5.91 Å². The zero-order chi connectivity index (χ0) is 13.7. The summed E-state index contributed by atoms with van der Waals surface area (Å²) in [5, 5.41) is 6.40. The summed E-state index contributed by atoms with van der Waals surface area (Å²) in [5.74, 6) is 0.819. The lowest BCUT2D eigenvalue weighted by molar-refractivity contribution is -0.114. The van der Waals surface area contributed by atoms with E-state index in [4.69, 9.17) is 0 Å². The first kappa shape index (κ1) is 14.1. The van der Waals surface area contributed by atoms with Crippen molar-refractivity contribution in [2.24, 2.45) is 5.92 Å². The molecule has 0 aromatic heterocycles. The highest BCUT2D eigenvalue weighted by Crippen LogP contribution is 2.27. The molecule has 0 saturated heterocycles. The van der Waals surface area contributed by atoms with Crippen LogP contribution >= 0.6 is 0 Å². The van der Waals surface area contributed by atoms with E-state index in [0.29, 0.717) is 6.04 Å². The molecule has 0 unspecified atom stereocenters. The molecule has 1 amide bonds. The van der Waals surface area contributed by atoms with Crippen molar-refractivity contribution < 1.29 is 4.79 Å². The standard InChI is InChI=1S/C16H24N2O/c1-12(15-5-3-4-6-15)17-11-14-7-9-16(10-8-14)18-13(2)19/h7-10,12,15,17H,3-6,11H2,1-2H3,(H,18,19)/t12-/m1/s1. The van der Waals surface area contributed by atoms with E-state index in [9.17, 15) is 4.79 Å². The lowest BCUT2D eigenvalue weighted by atomic mass is 9.99. The fourth-order valence-corrected chi connectivity index (χ4v) is 2.81. The Labute approximate surface area is 115 Å². The number of carbonyl (C=O) groups is 1. The molecule has 1 aliphatic carbocycles. The molecular weight excluding hydrogens is 236 g/mol. The molecule has 19 heavy (non-hydrogen) atoms. The third-order valence-corrected chi connectivity index (χ3v) is 4.01. The van der Waals surface area contributed by atoms with Crippen LogP contribution in [0.1, 0.15) is 45.1 Å². The quantitative estimate of drug-likeness (QED) is 0.852. The maximum absolute atomic E-state index is 10.9. The summed E-state index contributed by atoms with van der Waals surface area (Å²) in [7, 11) is 0. The van der Waals surface area contributed by atoms with Crippen molar-refractivity contribution in [2.45, 2.75) is 52.1 Å². The van der Waals surface area contributed by atoms with Gasteiger partial charge < -0.3 is 10.6 Å². The van der Waals surface area contributed by atoms with Gasteiger partial charge in [0.15, 0.2) is 0 Å². The number of hydrogen-bond donors (Lipinski definition) is 2. The first-order valence-electron chi connectivity index (χ1n) is 7.25.